The summed E-state index contributed by atoms with van der Waals surface area (Å²) >= 11 is 0. The molecule has 1 N–H and O–H groups in total. The zero-order chi connectivity index (χ0) is 22.7. The van der Waals surface area contributed by atoms with Crippen molar-refractivity contribution in [3.8, 4) is 22.8 Å². The van der Waals surface area contributed by atoms with Crippen LogP contribution < -0.4 is 14.8 Å². The molecule has 9 heteroatoms. The van der Waals surface area contributed by atoms with Crippen molar-refractivity contribution in [3.05, 3.63) is 66.4 Å². The van der Waals surface area contributed by atoms with Gasteiger partial charge in [0.2, 0.25) is 0 Å². The molecular formula is C23H20F2N4O3. The summed E-state index contributed by atoms with van der Waals surface area (Å²) in [7, 11) is 1.34. The van der Waals surface area contributed by atoms with E-state index in [0.717, 1.165) is 5.56 Å². The molecule has 0 saturated heterocycles. The van der Waals surface area contributed by atoms with Crippen molar-refractivity contribution in [2.75, 3.05) is 12.4 Å². The van der Waals surface area contributed by atoms with E-state index in [1.165, 1.54) is 19.2 Å². The van der Waals surface area contributed by atoms with Crippen molar-refractivity contribution in [1.29, 1.82) is 0 Å². The number of rotatable bonds is 7. The maximum atomic E-state index is 13.2. The van der Waals surface area contributed by atoms with Crippen LogP contribution in [0.3, 0.4) is 0 Å². The van der Waals surface area contributed by atoms with Gasteiger partial charge in [0.15, 0.2) is 17.1 Å². The fourth-order valence-electron chi connectivity index (χ4n) is 3.36. The van der Waals surface area contributed by atoms with E-state index in [1.807, 2.05) is 37.3 Å². The predicted molar refractivity (Wildman–Crippen MR) is 116 cm³/mol. The van der Waals surface area contributed by atoms with Crippen LogP contribution in [0.1, 0.15) is 17.3 Å². The lowest BCUT2D eigenvalue weighted by Crippen LogP contribution is -2.13. The SMILES string of the molecule is CCn1ncc2c(C(=O)Nc3ccc(OC)c(OC(F)F)c3)cc(-c3ccccc3)nc21. The Balaban J connectivity index is 1.74. The smallest absolute Gasteiger partial charge is 0.387 e. The number of anilines is 1. The molecule has 4 aromatic rings. The van der Waals surface area contributed by atoms with Crippen molar-refractivity contribution >= 4 is 22.6 Å². The zero-order valence-electron chi connectivity index (χ0n) is 17.4. The van der Waals surface area contributed by atoms with Crippen LogP contribution in [-0.2, 0) is 6.54 Å². The molecule has 4 rings (SSSR count). The van der Waals surface area contributed by atoms with Crippen molar-refractivity contribution in [1.82, 2.24) is 14.8 Å². The molecule has 164 valence electrons. The first-order valence-electron chi connectivity index (χ1n) is 9.86. The topological polar surface area (TPSA) is 78.3 Å². The number of aryl methyl sites for hydroxylation is 1. The highest BCUT2D eigenvalue weighted by Gasteiger charge is 2.19. The Hall–Kier alpha value is -4.01. The highest BCUT2D eigenvalue weighted by Crippen LogP contribution is 2.32. The third-order valence-electron chi connectivity index (χ3n) is 4.86. The van der Waals surface area contributed by atoms with E-state index in [-0.39, 0.29) is 17.2 Å². The number of amides is 1. The van der Waals surface area contributed by atoms with Gasteiger partial charge in [0.1, 0.15) is 0 Å². The Morgan fingerprint density at radius 3 is 2.59 bits per heavy atom. The Morgan fingerprint density at radius 1 is 1.12 bits per heavy atom. The Labute approximate surface area is 182 Å². The van der Waals surface area contributed by atoms with Crippen LogP contribution in [0.15, 0.2) is 60.8 Å². The molecule has 0 unspecified atom stereocenters. The second kappa shape index (κ2) is 9.01. The number of alkyl halides is 2. The number of nitrogens with zero attached hydrogens (tertiary/aromatic N) is 3. The number of ether oxygens (including phenoxy) is 2. The van der Waals surface area contributed by atoms with E-state index in [4.69, 9.17) is 9.72 Å². The first-order valence-corrected chi connectivity index (χ1v) is 9.86. The van der Waals surface area contributed by atoms with Crippen LogP contribution in [-0.4, -0.2) is 34.4 Å². The second-order valence-electron chi connectivity index (χ2n) is 6.82. The first-order chi connectivity index (χ1) is 15.5. The van der Waals surface area contributed by atoms with Crippen LogP contribution in [0.2, 0.25) is 0 Å². The number of nitrogens with one attached hydrogen (secondary N) is 1. The van der Waals surface area contributed by atoms with E-state index in [9.17, 15) is 13.6 Å². The molecule has 0 saturated carbocycles. The quantitative estimate of drug-likeness (QED) is 0.440. The summed E-state index contributed by atoms with van der Waals surface area (Å²) in [5, 5.41) is 7.64. The number of carbonyl (C=O) groups excluding carboxylic acids is 1. The molecule has 2 aromatic carbocycles. The zero-order valence-corrected chi connectivity index (χ0v) is 17.4. The third-order valence-corrected chi connectivity index (χ3v) is 4.86. The first kappa shape index (κ1) is 21.2. The molecule has 0 fully saturated rings. The third kappa shape index (κ3) is 4.22. The maximum Gasteiger partial charge on any atom is 0.387 e. The van der Waals surface area contributed by atoms with Gasteiger partial charge in [-0.15, -0.1) is 0 Å². The van der Waals surface area contributed by atoms with Gasteiger partial charge in [0.25, 0.3) is 5.91 Å². The van der Waals surface area contributed by atoms with Gasteiger partial charge in [0.05, 0.1) is 30.0 Å². The number of benzene rings is 2. The summed E-state index contributed by atoms with van der Waals surface area (Å²) in [4.78, 5) is 17.9. The van der Waals surface area contributed by atoms with Crippen molar-refractivity contribution in [2.24, 2.45) is 0 Å². The molecule has 0 aliphatic carbocycles. The fraction of sp³-hybridized carbons (Fsp3) is 0.174. The van der Waals surface area contributed by atoms with Gasteiger partial charge < -0.3 is 14.8 Å². The highest BCUT2D eigenvalue weighted by atomic mass is 19.3. The molecule has 0 radical (unpaired) electrons. The minimum absolute atomic E-state index is 0.130. The molecule has 0 spiro atoms. The van der Waals surface area contributed by atoms with Gasteiger partial charge in [-0.3, -0.25) is 4.79 Å². The molecule has 2 aromatic heterocycles. The van der Waals surface area contributed by atoms with Crippen LogP contribution in [0.5, 0.6) is 11.5 Å². The van der Waals surface area contributed by atoms with Crippen LogP contribution in [0.4, 0.5) is 14.5 Å². The summed E-state index contributed by atoms with van der Waals surface area (Å²) in [6.07, 6.45) is 1.59. The van der Waals surface area contributed by atoms with Crippen LogP contribution in [0.25, 0.3) is 22.3 Å². The largest absolute Gasteiger partial charge is 0.493 e. The standard InChI is InChI=1S/C23H20F2N4O3/c1-3-29-21-17(13-26-29)16(12-18(28-21)14-7-5-4-6-8-14)22(30)27-15-9-10-19(31-2)20(11-15)32-23(24)25/h4-13,23H,3H2,1-2H3,(H,27,30). The van der Waals surface area contributed by atoms with E-state index in [0.29, 0.717) is 28.8 Å². The van der Waals surface area contributed by atoms with Crippen molar-refractivity contribution in [3.63, 3.8) is 0 Å². The lowest BCUT2D eigenvalue weighted by molar-refractivity contribution is -0.0511. The summed E-state index contributed by atoms with van der Waals surface area (Å²) in [6, 6.07) is 15.4. The summed E-state index contributed by atoms with van der Waals surface area (Å²) in [5.41, 5.74) is 2.69. The van der Waals surface area contributed by atoms with E-state index in [2.05, 4.69) is 15.2 Å². The number of carbonyl (C=O) groups is 1. The van der Waals surface area contributed by atoms with Gasteiger partial charge in [-0.05, 0) is 25.1 Å². The van der Waals surface area contributed by atoms with Crippen molar-refractivity contribution < 1.29 is 23.0 Å². The average molecular weight is 438 g/mol. The number of aromatic nitrogens is 3. The molecule has 2 heterocycles. The molecule has 1 amide bonds. The number of halogens is 2. The average Bonchev–Trinajstić information content (AvgIpc) is 3.22. The Kier molecular flexibility index (Phi) is 5.98. The predicted octanol–water partition coefficient (Wildman–Crippen LogP) is 4.98. The van der Waals surface area contributed by atoms with E-state index >= 15 is 0 Å². The Bertz CT molecular complexity index is 1260. The lowest BCUT2D eigenvalue weighted by Gasteiger charge is -2.13. The van der Waals surface area contributed by atoms with Crippen LogP contribution >= 0.6 is 0 Å². The van der Waals surface area contributed by atoms with Gasteiger partial charge in [-0.2, -0.15) is 13.9 Å². The maximum absolute atomic E-state index is 13.2. The molecule has 0 atom stereocenters. The van der Waals surface area contributed by atoms with Crippen LogP contribution in [0, 0.1) is 0 Å². The van der Waals surface area contributed by atoms with Gasteiger partial charge in [-0.25, -0.2) is 9.67 Å². The summed E-state index contributed by atoms with van der Waals surface area (Å²) < 4.78 is 36.7. The number of methoxy groups -OCH3 is 1. The number of pyridine rings is 1. The number of hydrogen-bond donors (Lipinski definition) is 1. The summed E-state index contributed by atoms with van der Waals surface area (Å²) in [6.45, 7) is -0.504. The van der Waals surface area contributed by atoms with Crippen molar-refractivity contribution in [2.45, 2.75) is 20.1 Å². The molecule has 0 bridgehead atoms. The Morgan fingerprint density at radius 2 is 1.91 bits per heavy atom. The van der Waals surface area contributed by atoms with Gasteiger partial charge in [-0.1, -0.05) is 30.3 Å². The van der Waals surface area contributed by atoms with E-state index in [1.54, 1.807) is 23.0 Å². The number of fused-ring (bicyclic) bond motifs is 1. The lowest BCUT2D eigenvalue weighted by atomic mass is 10.1. The molecule has 32 heavy (non-hydrogen) atoms. The monoisotopic (exact) mass is 438 g/mol. The van der Waals surface area contributed by atoms with Gasteiger partial charge >= 0.3 is 6.61 Å². The van der Waals surface area contributed by atoms with Gasteiger partial charge in [0, 0.05) is 23.9 Å². The molecule has 0 aliphatic heterocycles. The van der Waals surface area contributed by atoms with E-state index < -0.39 is 12.5 Å². The normalized spacial score (nSPS) is 11.0. The molecule has 7 nitrogen and oxygen atoms in total. The second-order valence-corrected chi connectivity index (χ2v) is 6.82. The minimum atomic E-state index is -3.03. The fourth-order valence-corrected chi connectivity index (χ4v) is 3.36. The molecule has 0 aliphatic rings. The number of hydrogen-bond acceptors (Lipinski definition) is 5. The minimum Gasteiger partial charge on any atom is -0.493 e. The molecular weight excluding hydrogens is 418 g/mol. The highest BCUT2D eigenvalue weighted by molar-refractivity contribution is 6.12. The summed E-state index contributed by atoms with van der Waals surface area (Å²) in [5.74, 6) is -0.479.